The number of carbonyl (C=O) groups excluding carboxylic acids is 1. The van der Waals surface area contributed by atoms with E-state index in [4.69, 9.17) is 9.84 Å². The fourth-order valence-electron chi connectivity index (χ4n) is 3.86. The second-order valence-corrected chi connectivity index (χ2v) is 8.47. The molecule has 1 heterocycles. The SMILES string of the molecule is O=C(Cc1ccccc1)N/N=C/c1cn(-c2ccccc2)nc1-c1ccc(OCc2ccccc2)cc1. The number of carbonyl (C=O) groups is 1. The van der Waals surface area contributed by atoms with E-state index in [-0.39, 0.29) is 12.3 Å². The Kier molecular flexibility index (Phi) is 7.47. The minimum Gasteiger partial charge on any atom is -0.489 e. The lowest BCUT2D eigenvalue weighted by atomic mass is 10.1. The molecule has 4 aromatic carbocycles. The molecular weight excluding hydrogens is 460 g/mol. The number of hydrogen-bond acceptors (Lipinski definition) is 4. The van der Waals surface area contributed by atoms with Crippen LogP contribution >= 0.6 is 0 Å². The first-order chi connectivity index (χ1) is 18.2. The van der Waals surface area contributed by atoms with Crippen LogP contribution in [-0.2, 0) is 17.8 Å². The number of amides is 1. The molecule has 0 saturated heterocycles. The second kappa shape index (κ2) is 11.6. The molecule has 0 aliphatic rings. The van der Waals surface area contributed by atoms with E-state index in [0.717, 1.165) is 39.4 Å². The first kappa shape index (κ1) is 23.8. The van der Waals surface area contributed by atoms with E-state index in [1.54, 1.807) is 6.21 Å². The first-order valence-electron chi connectivity index (χ1n) is 12.0. The quantitative estimate of drug-likeness (QED) is 0.211. The largest absolute Gasteiger partial charge is 0.489 e. The van der Waals surface area contributed by atoms with Crippen LogP contribution in [0.5, 0.6) is 5.75 Å². The molecule has 37 heavy (non-hydrogen) atoms. The topological polar surface area (TPSA) is 68.5 Å². The van der Waals surface area contributed by atoms with Crippen molar-refractivity contribution >= 4 is 12.1 Å². The van der Waals surface area contributed by atoms with Crippen molar-refractivity contribution in [3.63, 3.8) is 0 Å². The molecule has 0 aliphatic heterocycles. The lowest BCUT2D eigenvalue weighted by molar-refractivity contribution is -0.120. The number of para-hydroxylation sites is 1. The maximum Gasteiger partial charge on any atom is 0.244 e. The van der Waals surface area contributed by atoms with Gasteiger partial charge in [-0.05, 0) is 47.5 Å². The minimum absolute atomic E-state index is 0.181. The summed E-state index contributed by atoms with van der Waals surface area (Å²) in [6, 6.07) is 37.3. The van der Waals surface area contributed by atoms with E-state index in [2.05, 4.69) is 10.5 Å². The zero-order valence-electron chi connectivity index (χ0n) is 20.2. The normalized spacial score (nSPS) is 10.9. The molecule has 1 amide bonds. The lowest BCUT2D eigenvalue weighted by Gasteiger charge is -2.07. The van der Waals surface area contributed by atoms with Gasteiger partial charge in [0, 0.05) is 17.3 Å². The highest BCUT2D eigenvalue weighted by atomic mass is 16.5. The summed E-state index contributed by atoms with van der Waals surface area (Å²) in [4.78, 5) is 12.3. The van der Waals surface area contributed by atoms with E-state index in [1.165, 1.54) is 0 Å². The molecule has 6 nitrogen and oxygen atoms in total. The molecule has 1 aromatic heterocycles. The van der Waals surface area contributed by atoms with Gasteiger partial charge in [-0.25, -0.2) is 10.1 Å². The molecule has 6 heteroatoms. The van der Waals surface area contributed by atoms with Crippen molar-refractivity contribution in [2.75, 3.05) is 0 Å². The highest BCUT2D eigenvalue weighted by Crippen LogP contribution is 2.25. The predicted molar refractivity (Wildman–Crippen MR) is 146 cm³/mol. The highest BCUT2D eigenvalue weighted by Gasteiger charge is 2.12. The third-order valence-corrected chi connectivity index (χ3v) is 5.74. The van der Waals surface area contributed by atoms with E-state index in [9.17, 15) is 4.79 Å². The van der Waals surface area contributed by atoms with Crippen molar-refractivity contribution in [3.8, 4) is 22.7 Å². The van der Waals surface area contributed by atoms with Crippen LogP contribution in [0.4, 0.5) is 0 Å². The third-order valence-electron chi connectivity index (χ3n) is 5.74. The molecule has 1 N–H and O–H groups in total. The lowest BCUT2D eigenvalue weighted by Crippen LogP contribution is -2.19. The smallest absolute Gasteiger partial charge is 0.244 e. The van der Waals surface area contributed by atoms with Crippen LogP contribution < -0.4 is 10.2 Å². The zero-order chi connectivity index (χ0) is 25.3. The number of rotatable bonds is 9. The van der Waals surface area contributed by atoms with Gasteiger partial charge in [-0.1, -0.05) is 78.9 Å². The number of ether oxygens (including phenoxy) is 1. The Morgan fingerprint density at radius 2 is 1.43 bits per heavy atom. The molecular formula is C31H26N4O2. The fraction of sp³-hybridized carbons (Fsp3) is 0.0645. The molecule has 5 aromatic rings. The molecule has 182 valence electrons. The van der Waals surface area contributed by atoms with Gasteiger partial charge in [0.05, 0.1) is 18.3 Å². The molecule has 0 unspecified atom stereocenters. The van der Waals surface area contributed by atoms with Crippen LogP contribution in [0.1, 0.15) is 16.7 Å². The van der Waals surface area contributed by atoms with Gasteiger partial charge in [-0.2, -0.15) is 10.2 Å². The van der Waals surface area contributed by atoms with Crippen molar-refractivity contribution < 1.29 is 9.53 Å². The van der Waals surface area contributed by atoms with Crippen molar-refractivity contribution in [3.05, 3.63) is 138 Å². The Bertz CT molecular complexity index is 1460. The van der Waals surface area contributed by atoms with Gasteiger partial charge in [-0.3, -0.25) is 4.79 Å². The molecule has 0 atom stereocenters. The molecule has 0 bridgehead atoms. The van der Waals surface area contributed by atoms with Gasteiger partial charge in [0.25, 0.3) is 0 Å². The summed E-state index contributed by atoms with van der Waals surface area (Å²) in [6.45, 7) is 0.503. The molecule has 0 aliphatic carbocycles. The van der Waals surface area contributed by atoms with Crippen LogP contribution in [-0.4, -0.2) is 21.9 Å². The molecule has 0 saturated carbocycles. The number of benzene rings is 4. The van der Waals surface area contributed by atoms with E-state index in [1.807, 2.05) is 126 Å². The fourth-order valence-corrected chi connectivity index (χ4v) is 3.86. The zero-order valence-corrected chi connectivity index (χ0v) is 20.2. The van der Waals surface area contributed by atoms with Crippen molar-refractivity contribution in [2.24, 2.45) is 5.10 Å². The van der Waals surface area contributed by atoms with Gasteiger partial charge in [0.1, 0.15) is 18.1 Å². The monoisotopic (exact) mass is 486 g/mol. The maximum atomic E-state index is 12.3. The van der Waals surface area contributed by atoms with Gasteiger partial charge in [-0.15, -0.1) is 0 Å². The Morgan fingerprint density at radius 3 is 2.11 bits per heavy atom. The van der Waals surface area contributed by atoms with Gasteiger partial charge in [0.2, 0.25) is 5.91 Å². The van der Waals surface area contributed by atoms with Crippen LogP contribution in [0.15, 0.2) is 127 Å². The highest BCUT2D eigenvalue weighted by molar-refractivity contribution is 5.90. The van der Waals surface area contributed by atoms with Crippen molar-refractivity contribution in [1.29, 1.82) is 0 Å². The molecule has 5 rings (SSSR count). The summed E-state index contributed by atoms with van der Waals surface area (Å²) in [6.07, 6.45) is 3.79. The summed E-state index contributed by atoms with van der Waals surface area (Å²) >= 11 is 0. The van der Waals surface area contributed by atoms with Gasteiger partial charge >= 0.3 is 0 Å². The number of hydrogen-bond donors (Lipinski definition) is 1. The van der Waals surface area contributed by atoms with Gasteiger partial charge < -0.3 is 4.74 Å². The van der Waals surface area contributed by atoms with E-state index >= 15 is 0 Å². The van der Waals surface area contributed by atoms with Crippen LogP contribution in [0.25, 0.3) is 16.9 Å². The van der Waals surface area contributed by atoms with Crippen LogP contribution in [0, 0.1) is 0 Å². The average molecular weight is 487 g/mol. The summed E-state index contributed by atoms with van der Waals surface area (Å²) < 4.78 is 7.74. The number of nitrogens with zero attached hydrogens (tertiary/aromatic N) is 3. The summed E-state index contributed by atoms with van der Waals surface area (Å²) in [5, 5.41) is 9.02. The summed E-state index contributed by atoms with van der Waals surface area (Å²) in [5.74, 6) is 0.595. The standard InChI is InChI=1S/C31H26N4O2/c36-30(20-24-10-4-1-5-11-24)33-32-21-27-22-35(28-14-8-3-9-15-28)34-31(27)26-16-18-29(19-17-26)37-23-25-12-6-2-7-13-25/h1-19,21-22H,20,23H2,(H,33,36)/b32-21+. The Morgan fingerprint density at radius 1 is 0.811 bits per heavy atom. The van der Waals surface area contributed by atoms with E-state index in [0.29, 0.717) is 6.61 Å². The Labute approximate surface area is 215 Å². The third kappa shape index (κ3) is 6.38. The van der Waals surface area contributed by atoms with Crippen molar-refractivity contribution in [1.82, 2.24) is 15.2 Å². The number of hydrazone groups is 1. The molecule has 0 spiro atoms. The van der Waals surface area contributed by atoms with Crippen LogP contribution in [0.3, 0.4) is 0 Å². The van der Waals surface area contributed by atoms with Gasteiger partial charge in [0.15, 0.2) is 0 Å². The molecule has 0 radical (unpaired) electrons. The van der Waals surface area contributed by atoms with Crippen molar-refractivity contribution in [2.45, 2.75) is 13.0 Å². The minimum atomic E-state index is -0.181. The molecule has 0 fully saturated rings. The Hall–Kier alpha value is -4.97. The van der Waals surface area contributed by atoms with E-state index < -0.39 is 0 Å². The summed E-state index contributed by atoms with van der Waals surface area (Å²) in [7, 11) is 0. The number of aromatic nitrogens is 2. The second-order valence-electron chi connectivity index (χ2n) is 8.47. The predicted octanol–water partition coefficient (Wildman–Crippen LogP) is 5.81. The number of nitrogens with one attached hydrogen (secondary N) is 1. The Balaban J connectivity index is 1.34. The average Bonchev–Trinajstić information content (AvgIpc) is 3.38. The first-order valence-corrected chi connectivity index (χ1v) is 12.0. The van der Waals surface area contributed by atoms with Crippen LogP contribution in [0.2, 0.25) is 0 Å². The summed E-state index contributed by atoms with van der Waals surface area (Å²) in [5.41, 5.74) is 8.04. The maximum absolute atomic E-state index is 12.3.